The van der Waals surface area contributed by atoms with E-state index < -0.39 is 0 Å². The lowest BCUT2D eigenvalue weighted by Crippen LogP contribution is -2.55. The van der Waals surface area contributed by atoms with Crippen molar-refractivity contribution in [2.75, 3.05) is 40.4 Å². The van der Waals surface area contributed by atoms with Crippen molar-refractivity contribution in [3.05, 3.63) is 59.4 Å². The number of likely N-dealkylation sites (tertiary alicyclic amines) is 1. The van der Waals surface area contributed by atoms with Gasteiger partial charge in [-0.25, -0.2) is 0 Å². The van der Waals surface area contributed by atoms with Gasteiger partial charge in [-0.05, 0) is 50.2 Å². The summed E-state index contributed by atoms with van der Waals surface area (Å²) in [5.41, 5.74) is 1.92. The SMILES string of the molecule is COc1ccccc1C(=O)NC1CCN(CCCNCc2ncccc2C#N)CC1OC. The van der Waals surface area contributed by atoms with Crippen LogP contribution in [0.2, 0.25) is 0 Å². The van der Waals surface area contributed by atoms with Crippen LogP contribution < -0.4 is 15.4 Å². The third kappa shape index (κ3) is 6.26. The average Bonchev–Trinajstić information content (AvgIpc) is 2.84. The molecule has 1 aliphatic heterocycles. The molecule has 0 radical (unpaired) electrons. The third-order valence-electron chi connectivity index (χ3n) is 5.75. The van der Waals surface area contributed by atoms with Crippen LogP contribution in [-0.2, 0) is 11.3 Å². The predicted molar refractivity (Wildman–Crippen MR) is 121 cm³/mol. The zero-order valence-electron chi connectivity index (χ0n) is 18.7. The van der Waals surface area contributed by atoms with E-state index in [9.17, 15) is 4.79 Å². The molecule has 2 aromatic rings. The van der Waals surface area contributed by atoms with Crippen LogP contribution in [-0.4, -0.2) is 68.3 Å². The standard InChI is InChI=1S/C24H31N5O3/c1-31-22-9-4-3-8-19(22)24(30)28-20-10-14-29(17-23(20)32-2)13-6-11-26-16-21-18(15-25)7-5-12-27-21/h3-5,7-9,12,20,23,26H,6,10-11,13-14,16-17H2,1-2H3,(H,28,30). The minimum Gasteiger partial charge on any atom is -0.496 e. The Labute approximate surface area is 189 Å². The van der Waals surface area contributed by atoms with Crippen LogP contribution in [0, 0.1) is 11.3 Å². The summed E-state index contributed by atoms with van der Waals surface area (Å²) in [6, 6.07) is 12.9. The van der Waals surface area contributed by atoms with Gasteiger partial charge in [-0.1, -0.05) is 12.1 Å². The summed E-state index contributed by atoms with van der Waals surface area (Å²) >= 11 is 0. The maximum atomic E-state index is 12.7. The van der Waals surface area contributed by atoms with Crippen molar-refractivity contribution in [3.63, 3.8) is 0 Å². The second kappa shape index (κ2) is 12.2. The number of ether oxygens (including phenoxy) is 2. The normalized spacial score (nSPS) is 18.7. The summed E-state index contributed by atoms with van der Waals surface area (Å²) in [6.45, 7) is 4.03. The molecule has 1 saturated heterocycles. The van der Waals surface area contributed by atoms with E-state index in [2.05, 4.69) is 26.6 Å². The van der Waals surface area contributed by atoms with Gasteiger partial charge in [0.25, 0.3) is 5.91 Å². The number of benzene rings is 1. The first-order valence-electron chi connectivity index (χ1n) is 10.9. The van der Waals surface area contributed by atoms with Crippen molar-refractivity contribution in [3.8, 4) is 11.8 Å². The van der Waals surface area contributed by atoms with E-state index in [0.29, 0.717) is 23.4 Å². The largest absolute Gasteiger partial charge is 0.496 e. The summed E-state index contributed by atoms with van der Waals surface area (Å²) < 4.78 is 11.0. The number of piperidine rings is 1. The summed E-state index contributed by atoms with van der Waals surface area (Å²) in [4.78, 5) is 19.4. The van der Waals surface area contributed by atoms with E-state index in [1.165, 1.54) is 0 Å². The van der Waals surface area contributed by atoms with Crippen LogP contribution >= 0.6 is 0 Å². The van der Waals surface area contributed by atoms with E-state index in [1.54, 1.807) is 44.7 Å². The number of hydrogen-bond donors (Lipinski definition) is 2. The number of hydrogen-bond acceptors (Lipinski definition) is 7. The molecule has 1 fully saturated rings. The summed E-state index contributed by atoms with van der Waals surface area (Å²) in [6.07, 6.45) is 3.44. The molecule has 2 unspecified atom stereocenters. The first-order chi connectivity index (χ1) is 15.7. The Kier molecular flexibility index (Phi) is 8.99. The maximum Gasteiger partial charge on any atom is 0.255 e. The minimum atomic E-state index is -0.140. The molecule has 3 rings (SSSR count). The number of amides is 1. The van der Waals surface area contributed by atoms with Gasteiger partial charge in [0.1, 0.15) is 11.8 Å². The number of nitrogens with one attached hydrogen (secondary N) is 2. The molecular formula is C24H31N5O3. The monoisotopic (exact) mass is 437 g/mol. The van der Waals surface area contributed by atoms with Gasteiger partial charge in [0.15, 0.2) is 0 Å². The number of methoxy groups -OCH3 is 2. The number of carbonyl (C=O) groups excluding carboxylic acids is 1. The maximum absolute atomic E-state index is 12.7. The molecule has 1 aliphatic rings. The molecule has 2 heterocycles. The summed E-state index contributed by atoms with van der Waals surface area (Å²) in [7, 11) is 3.26. The fourth-order valence-electron chi connectivity index (χ4n) is 3.98. The van der Waals surface area contributed by atoms with Crippen molar-refractivity contribution in [1.29, 1.82) is 5.26 Å². The van der Waals surface area contributed by atoms with Crippen molar-refractivity contribution < 1.29 is 14.3 Å². The Bertz CT molecular complexity index is 930. The van der Waals surface area contributed by atoms with Crippen molar-refractivity contribution in [2.45, 2.75) is 31.5 Å². The highest BCUT2D eigenvalue weighted by Crippen LogP contribution is 2.19. The van der Waals surface area contributed by atoms with Gasteiger partial charge in [-0.2, -0.15) is 5.26 Å². The van der Waals surface area contributed by atoms with Gasteiger partial charge in [0, 0.05) is 32.9 Å². The van der Waals surface area contributed by atoms with E-state index in [1.807, 2.05) is 12.1 Å². The highest BCUT2D eigenvalue weighted by Gasteiger charge is 2.30. The molecule has 0 aliphatic carbocycles. The molecule has 170 valence electrons. The number of para-hydroxylation sites is 1. The van der Waals surface area contributed by atoms with Crippen LogP contribution in [0.4, 0.5) is 0 Å². The Hall–Kier alpha value is -2.99. The molecule has 1 aromatic carbocycles. The van der Waals surface area contributed by atoms with E-state index in [0.717, 1.165) is 44.7 Å². The number of aromatic nitrogens is 1. The molecule has 2 atom stereocenters. The molecule has 8 nitrogen and oxygen atoms in total. The Balaban J connectivity index is 1.42. The minimum absolute atomic E-state index is 0.0413. The Morgan fingerprint density at radius 1 is 1.28 bits per heavy atom. The number of nitriles is 1. The fraction of sp³-hybridized carbons (Fsp3) is 0.458. The van der Waals surface area contributed by atoms with Gasteiger partial charge >= 0.3 is 0 Å². The smallest absolute Gasteiger partial charge is 0.255 e. The molecule has 1 amide bonds. The molecule has 32 heavy (non-hydrogen) atoms. The first-order valence-corrected chi connectivity index (χ1v) is 10.9. The van der Waals surface area contributed by atoms with Crippen LogP contribution in [0.1, 0.15) is 34.5 Å². The first kappa shape index (κ1) is 23.7. The molecule has 0 bridgehead atoms. The average molecular weight is 438 g/mol. The van der Waals surface area contributed by atoms with Crippen molar-refractivity contribution in [1.82, 2.24) is 20.5 Å². The zero-order chi connectivity index (χ0) is 22.8. The van der Waals surface area contributed by atoms with E-state index in [4.69, 9.17) is 14.7 Å². The van der Waals surface area contributed by atoms with Gasteiger partial charge in [-0.3, -0.25) is 9.78 Å². The predicted octanol–water partition coefficient (Wildman–Crippen LogP) is 1.96. The van der Waals surface area contributed by atoms with Gasteiger partial charge < -0.3 is 25.0 Å². The van der Waals surface area contributed by atoms with Crippen LogP contribution in [0.25, 0.3) is 0 Å². The molecule has 2 N–H and O–H groups in total. The Morgan fingerprint density at radius 3 is 2.91 bits per heavy atom. The second-order valence-corrected chi connectivity index (χ2v) is 7.78. The Morgan fingerprint density at radius 2 is 2.12 bits per heavy atom. The van der Waals surface area contributed by atoms with Crippen LogP contribution in [0.15, 0.2) is 42.6 Å². The van der Waals surface area contributed by atoms with Gasteiger partial charge in [0.2, 0.25) is 0 Å². The van der Waals surface area contributed by atoms with Crippen molar-refractivity contribution in [2.24, 2.45) is 0 Å². The third-order valence-corrected chi connectivity index (χ3v) is 5.75. The highest BCUT2D eigenvalue weighted by molar-refractivity contribution is 5.97. The molecule has 8 heteroatoms. The second-order valence-electron chi connectivity index (χ2n) is 7.78. The molecular weight excluding hydrogens is 406 g/mol. The van der Waals surface area contributed by atoms with Crippen LogP contribution in [0.5, 0.6) is 5.75 Å². The quantitative estimate of drug-likeness (QED) is 0.548. The lowest BCUT2D eigenvalue weighted by atomic mass is 10.0. The number of nitrogens with zero attached hydrogens (tertiary/aromatic N) is 3. The molecule has 0 saturated carbocycles. The summed E-state index contributed by atoms with van der Waals surface area (Å²) in [5.74, 6) is 0.426. The lowest BCUT2D eigenvalue weighted by Gasteiger charge is -2.38. The summed E-state index contributed by atoms with van der Waals surface area (Å²) in [5, 5.41) is 15.6. The molecule has 1 aromatic heterocycles. The fourth-order valence-corrected chi connectivity index (χ4v) is 3.98. The number of carbonyl (C=O) groups is 1. The molecule has 0 spiro atoms. The van der Waals surface area contributed by atoms with Gasteiger partial charge in [0.05, 0.1) is 36.1 Å². The van der Waals surface area contributed by atoms with Crippen molar-refractivity contribution >= 4 is 5.91 Å². The van der Waals surface area contributed by atoms with Crippen LogP contribution in [0.3, 0.4) is 0 Å². The zero-order valence-corrected chi connectivity index (χ0v) is 18.7. The number of rotatable bonds is 10. The lowest BCUT2D eigenvalue weighted by molar-refractivity contribution is 0.00616. The topological polar surface area (TPSA) is 99.5 Å². The van der Waals surface area contributed by atoms with E-state index in [-0.39, 0.29) is 18.1 Å². The number of pyridine rings is 1. The van der Waals surface area contributed by atoms with Gasteiger partial charge in [-0.15, -0.1) is 0 Å². The highest BCUT2D eigenvalue weighted by atomic mass is 16.5. The van der Waals surface area contributed by atoms with E-state index >= 15 is 0 Å².